The Bertz CT molecular complexity index is 317. The van der Waals surface area contributed by atoms with Crippen molar-refractivity contribution in [3.05, 3.63) is 0 Å². The Balaban J connectivity index is 2.81. The van der Waals surface area contributed by atoms with Crippen LogP contribution in [-0.4, -0.2) is 34.4 Å². The maximum atomic E-state index is 12.5. The molecule has 0 bridgehead atoms. The first-order valence-corrected chi connectivity index (χ1v) is 6.79. The van der Waals surface area contributed by atoms with Gasteiger partial charge in [0.25, 0.3) is 0 Å². The van der Waals surface area contributed by atoms with Crippen LogP contribution in [-0.2, 0) is 4.79 Å². The van der Waals surface area contributed by atoms with E-state index >= 15 is 0 Å². The van der Waals surface area contributed by atoms with E-state index in [1.807, 2.05) is 11.8 Å². The Morgan fingerprint density at radius 1 is 1.50 bits per heavy atom. The second-order valence-corrected chi connectivity index (χ2v) is 5.39. The smallest absolute Gasteiger partial charge is 0.233 e. The van der Waals surface area contributed by atoms with Gasteiger partial charge in [0.2, 0.25) is 5.91 Å². The van der Waals surface area contributed by atoms with Crippen LogP contribution in [0.5, 0.6) is 0 Å². The second kappa shape index (κ2) is 6.61. The van der Waals surface area contributed by atoms with Crippen LogP contribution in [0, 0.1) is 11.8 Å². The molecule has 0 aromatic heterocycles. The molecule has 0 aromatic rings. The second-order valence-electron chi connectivity index (χ2n) is 5.39. The predicted molar refractivity (Wildman–Crippen MR) is 71.4 cm³/mol. The average molecular weight is 255 g/mol. The predicted octanol–water partition coefficient (Wildman–Crippen LogP) is 1.80. The highest BCUT2D eigenvalue weighted by atomic mass is 16.4. The van der Waals surface area contributed by atoms with Gasteiger partial charge in [-0.05, 0) is 32.1 Å². The fourth-order valence-electron chi connectivity index (χ4n) is 2.55. The number of amides is 1. The molecule has 1 heterocycles. The van der Waals surface area contributed by atoms with E-state index in [0.717, 1.165) is 25.8 Å². The highest BCUT2D eigenvalue weighted by Crippen LogP contribution is 2.24. The van der Waals surface area contributed by atoms with Crippen LogP contribution in [0.15, 0.2) is 5.16 Å². The first-order valence-electron chi connectivity index (χ1n) is 6.79. The van der Waals surface area contributed by atoms with E-state index in [1.54, 1.807) is 0 Å². The summed E-state index contributed by atoms with van der Waals surface area (Å²) in [5.41, 5.74) is 5.64. The maximum Gasteiger partial charge on any atom is 0.233 e. The van der Waals surface area contributed by atoms with E-state index in [-0.39, 0.29) is 17.8 Å². The highest BCUT2D eigenvalue weighted by molar-refractivity contribution is 6.02. The van der Waals surface area contributed by atoms with Gasteiger partial charge in [-0.25, -0.2) is 0 Å². The van der Waals surface area contributed by atoms with Gasteiger partial charge in [0.05, 0.1) is 5.92 Å². The number of rotatable bonds is 4. The normalized spacial score (nSPS) is 27.1. The van der Waals surface area contributed by atoms with Crippen LogP contribution in [0.2, 0.25) is 0 Å². The van der Waals surface area contributed by atoms with Crippen molar-refractivity contribution < 1.29 is 10.0 Å². The van der Waals surface area contributed by atoms with E-state index in [1.165, 1.54) is 0 Å². The van der Waals surface area contributed by atoms with Crippen LogP contribution in [0.25, 0.3) is 0 Å². The van der Waals surface area contributed by atoms with Gasteiger partial charge in [0, 0.05) is 12.6 Å². The van der Waals surface area contributed by atoms with E-state index in [0.29, 0.717) is 12.3 Å². The Hall–Kier alpha value is -1.26. The number of nitrogens with two attached hydrogens (primary N) is 1. The zero-order valence-corrected chi connectivity index (χ0v) is 11.6. The zero-order valence-electron chi connectivity index (χ0n) is 11.6. The minimum atomic E-state index is -0.479. The molecule has 0 spiro atoms. The molecule has 1 saturated heterocycles. The van der Waals surface area contributed by atoms with Gasteiger partial charge in [-0.15, -0.1) is 0 Å². The van der Waals surface area contributed by atoms with Gasteiger partial charge in [0.1, 0.15) is 0 Å². The number of carbonyl (C=O) groups is 1. The summed E-state index contributed by atoms with van der Waals surface area (Å²) in [4.78, 5) is 14.4. The van der Waals surface area contributed by atoms with Crippen molar-refractivity contribution in [2.24, 2.45) is 22.7 Å². The van der Waals surface area contributed by atoms with Gasteiger partial charge in [-0.1, -0.05) is 25.4 Å². The first-order chi connectivity index (χ1) is 8.51. The quantitative estimate of drug-likeness (QED) is 0.348. The molecule has 1 aliphatic rings. The van der Waals surface area contributed by atoms with Crippen molar-refractivity contribution in [1.29, 1.82) is 0 Å². The molecule has 0 saturated carbocycles. The number of piperidine rings is 1. The van der Waals surface area contributed by atoms with Crippen molar-refractivity contribution in [2.75, 3.05) is 6.54 Å². The van der Waals surface area contributed by atoms with Crippen LogP contribution < -0.4 is 5.73 Å². The Morgan fingerprint density at radius 3 is 2.72 bits per heavy atom. The van der Waals surface area contributed by atoms with E-state index in [4.69, 9.17) is 10.9 Å². The molecule has 18 heavy (non-hydrogen) atoms. The molecule has 1 aliphatic heterocycles. The standard InChI is InChI=1S/C13H25N3O2/c1-4-5-11(12(14)15-18)13(17)16-8-9(2)6-7-10(16)3/h9-11,18H,4-8H2,1-3H3,(H2,14,15). The van der Waals surface area contributed by atoms with Crippen molar-refractivity contribution in [1.82, 2.24) is 4.90 Å². The van der Waals surface area contributed by atoms with Gasteiger partial charge >= 0.3 is 0 Å². The summed E-state index contributed by atoms with van der Waals surface area (Å²) in [5, 5.41) is 11.8. The van der Waals surface area contributed by atoms with Crippen molar-refractivity contribution >= 4 is 11.7 Å². The monoisotopic (exact) mass is 255 g/mol. The van der Waals surface area contributed by atoms with Crippen molar-refractivity contribution in [3.63, 3.8) is 0 Å². The molecule has 0 radical (unpaired) electrons. The summed E-state index contributed by atoms with van der Waals surface area (Å²) in [7, 11) is 0. The minimum absolute atomic E-state index is 0.00574. The zero-order chi connectivity index (χ0) is 13.7. The van der Waals surface area contributed by atoms with Gasteiger partial charge in [-0.3, -0.25) is 4.79 Å². The van der Waals surface area contributed by atoms with Crippen LogP contribution in [0.1, 0.15) is 46.5 Å². The highest BCUT2D eigenvalue weighted by Gasteiger charge is 2.33. The van der Waals surface area contributed by atoms with E-state index in [9.17, 15) is 4.79 Å². The number of amidine groups is 1. The summed E-state index contributed by atoms with van der Waals surface area (Å²) in [6, 6.07) is 0.250. The fourth-order valence-corrected chi connectivity index (χ4v) is 2.55. The topological polar surface area (TPSA) is 78.9 Å². The number of oxime groups is 1. The molecule has 1 fully saturated rings. The molecule has 0 aromatic carbocycles. The molecule has 3 N–H and O–H groups in total. The molecule has 0 aliphatic carbocycles. The number of hydrogen-bond donors (Lipinski definition) is 2. The molecule has 1 rings (SSSR count). The molecule has 104 valence electrons. The van der Waals surface area contributed by atoms with Gasteiger partial charge in [-0.2, -0.15) is 0 Å². The Morgan fingerprint density at radius 2 is 2.17 bits per heavy atom. The third-order valence-corrected chi connectivity index (χ3v) is 3.75. The van der Waals surface area contributed by atoms with Crippen LogP contribution >= 0.6 is 0 Å². The third kappa shape index (κ3) is 3.37. The lowest BCUT2D eigenvalue weighted by molar-refractivity contribution is -0.137. The van der Waals surface area contributed by atoms with Crippen molar-refractivity contribution in [2.45, 2.75) is 52.5 Å². The molecular weight excluding hydrogens is 230 g/mol. The van der Waals surface area contributed by atoms with E-state index in [2.05, 4.69) is 19.0 Å². The summed E-state index contributed by atoms with van der Waals surface area (Å²) in [5.74, 6) is 0.0888. The first kappa shape index (κ1) is 14.8. The van der Waals surface area contributed by atoms with Crippen LogP contribution in [0.4, 0.5) is 0 Å². The lowest BCUT2D eigenvalue weighted by Gasteiger charge is -2.38. The number of carbonyl (C=O) groups excluding carboxylic acids is 1. The number of likely N-dealkylation sites (tertiary alicyclic amines) is 1. The van der Waals surface area contributed by atoms with Gasteiger partial charge < -0.3 is 15.8 Å². The molecule has 5 heteroatoms. The average Bonchev–Trinajstić information content (AvgIpc) is 2.37. The Labute approximate surface area is 109 Å². The molecule has 3 atom stereocenters. The largest absolute Gasteiger partial charge is 0.409 e. The number of nitrogens with zero attached hydrogens (tertiary/aromatic N) is 2. The summed E-state index contributed by atoms with van der Waals surface area (Å²) in [6.07, 6.45) is 3.66. The SMILES string of the molecule is CCCC(C(=O)N1CC(C)CCC1C)C(N)=NO. The van der Waals surface area contributed by atoms with Gasteiger partial charge in [0.15, 0.2) is 5.84 Å². The van der Waals surface area contributed by atoms with Crippen molar-refractivity contribution in [3.8, 4) is 0 Å². The molecular formula is C13H25N3O2. The lowest BCUT2D eigenvalue weighted by atomic mass is 9.92. The minimum Gasteiger partial charge on any atom is -0.409 e. The third-order valence-electron chi connectivity index (χ3n) is 3.75. The molecule has 3 unspecified atom stereocenters. The number of hydrogen-bond acceptors (Lipinski definition) is 3. The molecule has 5 nitrogen and oxygen atoms in total. The van der Waals surface area contributed by atoms with E-state index < -0.39 is 5.92 Å². The summed E-state index contributed by atoms with van der Waals surface area (Å²) in [6.45, 7) is 7.00. The van der Waals surface area contributed by atoms with Crippen LogP contribution in [0.3, 0.4) is 0 Å². The lowest BCUT2D eigenvalue weighted by Crippen LogP contribution is -2.50. The maximum absolute atomic E-state index is 12.5. The fraction of sp³-hybridized carbons (Fsp3) is 0.846. The Kier molecular flexibility index (Phi) is 5.44. The summed E-state index contributed by atoms with van der Waals surface area (Å²) < 4.78 is 0. The summed E-state index contributed by atoms with van der Waals surface area (Å²) >= 11 is 0. The molecule has 1 amide bonds.